The summed E-state index contributed by atoms with van der Waals surface area (Å²) >= 11 is 0. The number of halogens is 2. The first-order valence-corrected chi connectivity index (χ1v) is 7.65. The Morgan fingerprint density at radius 3 is 2.40 bits per heavy atom. The summed E-state index contributed by atoms with van der Waals surface area (Å²) < 4.78 is 28.3. The van der Waals surface area contributed by atoms with Gasteiger partial charge in [0.1, 0.15) is 11.6 Å². The van der Waals surface area contributed by atoms with Gasteiger partial charge in [-0.2, -0.15) is 5.10 Å². The molecule has 0 spiro atoms. The van der Waals surface area contributed by atoms with E-state index in [9.17, 15) is 13.6 Å². The summed E-state index contributed by atoms with van der Waals surface area (Å²) in [6.07, 6.45) is 0.300. The van der Waals surface area contributed by atoms with Crippen molar-refractivity contribution in [2.75, 3.05) is 0 Å². The van der Waals surface area contributed by atoms with Crippen molar-refractivity contribution in [2.45, 2.75) is 13.3 Å². The number of aryl methyl sites for hydroxylation is 2. The third-order valence-corrected chi connectivity index (χ3v) is 3.99. The molecule has 0 unspecified atom stereocenters. The summed E-state index contributed by atoms with van der Waals surface area (Å²) in [6, 6.07) is 10.3. The predicted molar refractivity (Wildman–Crippen MR) is 89.5 cm³/mol. The zero-order chi connectivity index (χ0) is 18.1. The normalized spacial score (nSPS) is 10.9. The number of rotatable bonds is 4. The number of benzene rings is 2. The molecule has 2 aromatic carbocycles. The molecule has 0 amide bonds. The zero-order valence-electron chi connectivity index (χ0n) is 13.8. The van der Waals surface area contributed by atoms with Crippen molar-refractivity contribution in [1.29, 1.82) is 0 Å². The van der Waals surface area contributed by atoms with Crippen LogP contribution in [0.15, 0.2) is 42.5 Å². The third-order valence-electron chi connectivity index (χ3n) is 3.99. The Morgan fingerprint density at radius 1 is 1.12 bits per heavy atom. The van der Waals surface area contributed by atoms with Gasteiger partial charge in [0.25, 0.3) is 0 Å². The van der Waals surface area contributed by atoms with Gasteiger partial charge in [-0.15, -0.1) is 0 Å². The fourth-order valence-corrected chi connectivity index (χ4v) is 2.87. The monoisotopic (exact) mass is 342 g/mol. The van der Waals surface area contributed by atoms with Crippen molar-refractivity contribution < 1.29 is 18.7 Å². The number of carbonyl (C=O) groups is 1. The summed E-state index contributed by atoms with van der Waals surface area (Å²) in [5.74, 6) is -2.21. The van der Waals surface area contributed by atoms with Gasteiger partial charge >= 0.3 is 5.97 Å². The van der Waals surface area contributed by atoms with Crippen molar-refractivity contribution in [1.82, 2.24) is 9.78 Å². The minimum Gasteiger partial charge on any atom is -0.478 e. The average molecular weight is 342 g/mol. The van der Waals surface area contributed by atoms with Gasteiger partial charge < -0.3 is 5.11 Å². The lowest BCUT2D eigenvalue weighted by molar-refractivity contribution is 0.0696. The summed E-state index contributed by atoms with van der Waals surface area (Å²) in [5.41, 5.74) is 3.70. The van der Waals surface area contributed by atoms with Crippen LogP contribution < -0.4 is 0 Å². The molecule has 0 aliphatic rings. The molecule has 1 N–H and O–H groups in total. The number of nitrogens with zero attached hydrogens (tertiary/aromatic N) is 2. The maximum absolute atomic E-state index is 13.3. The first-order valence-electron chi connectivity index (χ1n) is 7.65. The van der Waals surface area contributed by atoms with Gasteiger partial charge in [-0.05, 0) is 48.4 Å². The third kappa shape index (κ3) is 3.57. The molecule has 25 heavy (non-hydrogen) atoms. The molecule has 3 rings (SSSR count). The standard InChI is InChI=1S/C19H16F2N2O2/c1-11-5-13(3-4-17(11)19(24)25)18-10-16(22-23(18)2)8-12-6-14(20)9-15(21)7-12/h3-7,9-10H,8H2,1-2H3,(H,24,25). The molecule has 0 aliphatic carbocycles. The molecule has 0 saturated carbocycles. The zero-order valence-corrected chi connectivity index (χ0v) is 13.8. The molecule has 128 valence electrons. The highest BCUT2D eigenvalue weighted by Crippen LogP contribution is 2.24. The van der Waals surface area contributed by atoms with E-state index >= 15 is 0 Å². The van der Waals surface area contributed by atoms with Gasteiger partial charge in [0.05, 0.1) is 17.0 Å². The van der Waals surface area contributed by atoms with Crippen molar-refractivity contribution >= 4 is 5.97 Å². The Labute approximate surface area is 143 Å². The second kappa shape index (κ2) is 6.47. The molecular formula is C19H16F2N2O2. The van der Waals surface area contributed by atoms with Gasteiger partial charge in [0.2, 0.25) is 0 Å². The molecule has 0 bridgehead atoms. The van der Waals surface area contributed by atoms with E-state index in [4.69, 9.17) is 5.11 Å². The van der Waals surface area contributed by atoms with Crippen molar-refractivity contribution in [3.63, 3.8) is 0 Å². The van der Waals surface area contributed by atoms with Crippen LogP contribution in [0.4, 0.5) is 8.78 Å². The van der Waals surface area contributed by atoms with E-state index in [1.807, 2.05) is 6.07 Å². The minimum absolute atomic E-state index is 0.251. The molecule has 6 heteroatoms. The average Bonchev–Trinajstić information content (AvgIpc) is 2.86. The summed E-state index contributed by atoms with van der Waals surface area (Å²) in [6.45, 7) is 1.74. The quantitative estimate of drug-likeness (QED) is 0.781. The molecule has 0 saturated heterocycles. The van der Waals surface area contributed by atoms with E-state index in [1.54, 1.807) is 36.9 Å². The van der Waals surface area contributed by atoms with Gasteiger partial charge in [0.15, 0.2) is 0 Å². The molecule has 0 radical (unpaired) electrons. The van der Waals surface area contributed by atoms with Gasteiger partial charge in [-0.25, -0.2) is 13.6 Å². The van der Waals surface area contributed by atoms with Gasteiger partial charge in [-0.1, -0.05) is 6.07 Å². The summed E-state index contributed by atoms with van der Waals surface area (Å²) in [5, 5.41) is 13.5. The SMILES string of the molecule is Cc1cc(-c2cc(Cc3cc(F)cc(F)c3)nn2C)ccc1C(=O)O. The fourth-order valence-electron chi connectivity index (χ4n) is 2.87. The Hall–Kier alpha value is -3.02. The highest BCUT2D eigenvalue weighted by atomic mass is 19.1. The predicted octanol–water partition coefficient (Wildman–Crippen LogP) is 3.96. The molecule has 0 fully saturated rings. The largest absolute Gasteiger partial charge is 0.478 e. The van der Waals surface area contributed by atoms with Crippen LogP contribution in [-0.2, 0) is 13.5 Å². The maximum atomic E-state index is 13.3. The van der Waals surface area contributed by atoms with Crippen LogP contribution in [0, 0.1) is 18.6 Å². The summed E-state index contributed by atoms with van der Waals surface area (Å²) in [4.78, 5) is 11.1. The minimum atomic E-state index is -0.970. The van der Waals surface area contributed by atoms with Crippen molar-refractivity contribution in [2.24, 2.45) is 7.05 Å². The first-order chi connectivity index (χ1) is 11.8. The fraction of sp³-hybridized carbons (Fsp3) is 0.158. The van der Waals surface area contributed by atoms with E-state index in [0.717, 1.165) is 17.3 Å². The number of carboxylic acids is 1. The molecular weight excluding hydrogens is 326 g/mol. The smallest absolute Gasteiger partial charge is 0.335 e. The molecule has 1 aromatic heterocycles. The van der Waals surface area contributed by atoms with Gasteiger partial charge in [-0.3, -0.25) is 4.68 Å². The van der Waals surface area contributed by atoms with Crippen LogP contribution in [0.3, 0.4) is 0 Å². The molecule has 0 aliphatic heterocycles. The van der Waals surface area contributed by atoms with E-state index in [-0.39, 0.29) is 5.56 Å². The maximum Gasteiger partial charge on any atom is 0.335 e. The lowest BCUT2D eigenvalue weighted by Crippen LogP contribution is -2.00. The number of aromatic carboxylic acids is 1. The van der Waals surface area contributed by atoms with Crippen LogP contribution >= 0.6 is 0 Å². The van der Waals surface area contributed by atoms with Gasteiger partial charge in [0, 0.05) is 25.1 Å². The van der Waals surface area contributed by atoms with E-state index < -0.39 is 17.6 Å². The molecule has 4 nitrogen and oxygen atoms in total. The lowest BCUT2D eigenvalue weighted by Gasteiger charge is -2.05. The Morgan fingerprint density at radius 2 is 1.80 bits per heavy atom. The van der Waals surface area contributed by atoms with Crippen LogP contribution in [0.2, 0.25) is 0 Å². The highest BCUT2D eigenvalue weighted by molar-refractivity contribution is 5.90. The van der Waals surface area contributed by atoms with Crippen LogP contribution in [-0.4, -0.2) is 20.9 Å². The van der Waals surface area contributed by atoms with Crippen LogP contribution in [0.25, 0.3) is 11.3 Å². The Bertz CT molecular complexity index is 944. The number of hydrogen-bond acceptors (Lipinski definition) is 2. The molecule has 0 atom stereocenters. The Kier molecular flexibility index (Phi) is 4.35. The molecule has 3 aromatic rings. The Balaban J connectivity index is 1.92. The van der Waals surface area contributed by atoms with E-state index in [1.165, 1.54) is 12.1 Å². The summed E-state index contributed by atoms with van der Waals surface area (Å²) in [7, 11) is 1.77. The van der Waals surface area contributed by atoms with Crippen molar-refractivity contribution in [3.05, 3.63) is 76.5 Å². The second-order valence-corrected chi connectivity index (χ2v) is 5.93. The number of hydrogen-bond donors (Lipinski definition) is 1. The highest BCUT2D eigenvalue weighted by Gasteiger charge is 2.12. The van der Waals surface area contributed by atoms with Crippen LogP contribution in [0.1, 0.15) is 27.2 Å². The first kappa shape index (κ1) is 16.8. The van der Waals surface area contributed by atoms with Crippen molar-refractivity contribution in [3.8, 4) is 11.3 Å². The number of aromatic nitrogens is 2. The molecule has 1 heterocycles. The topological polar surface area (TPSA) is 55.1 Å². The second-order valence-electron chi connectivity index (χ2n) is 5.93. The van der Waals surface area contributed by atoms with E-state index in [0.29, 0.717) is 23.2 Å². The number of carboxylic acid groups (broad SMARTS) is 1. The van der Waals surface area contributed by atoms with E-state index in [2.05, 4.69) is 5.10 Å². The lowest BCUT2D eigenvalue weighted by atomic mass is 10.0. The van der Waals surface area contributed by atoms with Crippen LogP contribution in [0.5, 0.6) is 0 Å².